The van der Waals surface area contributed by atoms with Crippen molar-refractivity contribution < 1.29 is 14.0 Å². The molecule has 0 bridgehead atoms. The summed E-state index contributed by atoms with van der Waals surface area (Å²) in [4.78, 5) is 36.1. The molecular weight excluding hydrogens is 344 g/mol. The third kappa shape index (κ3) is 4.34. The van der Waals surface area contributed by atoms with Gasteiger partial charge in [-0.15, -0.1) is 0 Å². The molecule has 1 unspecified atom stereocenters. The van der Waals surface area contributed by atoms with E-state index in [4.69, 9.17) is 4.42 Å². The summed E-state index contributed by atoms with van der Waals surface area (Å²) < 4.78 is 5.17. The van der Waals surface area contributed by atoms with E-state index in [2.05, 4.69) is 14.8 Å². The number of aromatic nitrogens is 1. The van der Waals surface area contributed by atoms with Gasteiger partial charge in [-0.3, -0.25) is 9.59 Å². The van der Waals surface area contributed by atoms with E-state index >= 15 is 0 Å². The summed E-state index contributed by atoms with van der Waals surface area (Å²) in [5, 5.41) is 0. The molecule has 3 aliphatic rings. The zero-order valence-electron chi connectivity index (χ0n) is 16.2. The SMILES string of the molecule is Cc1nc(C(=O)N2CCC(N(CCN3CCCCC3)C(=O)C3CC3)C2)co1. The second-order valence-corrected chi connectivity index (χ2v) is 8.15. The molecule has 2 aliphatic heterocycles. The lowest BCUT2D eigenvalue weighted by Gasteiger charge is -2.33. The van der Waals surface area contributed by atoms with Gasteiger partial charge in [0.05, 0.1) is 6.04 Å². The first-order valence-corrected chi connectivity index (χ1v) is 10.4. The minimum absolute atomic E-state index is 0.0933. The number of carbonyl (C=O) groups is 2. The Balaban J connectivity index is 1.38. The van der Waals surface area contributed by atoms with Crippen molar-refractivity contribution in [1.82, 2.24) is 19.7 Å². The van der Waals surface area contributed by atoms with E-state index in [0.717, 1.165) is 45.4 Å². The van der Waals surface area contributed by atoms with E-state index in [0.29, 0.717) is 30.6 Å². The van der Waals surface area contributed by atoms with E-state index in [1.807, 2.05) is 4.90 Å². The van der Waals surface area contributed by atoms with Crippen molar-refractivity contribution in [3.63, 3.8) is 0 Å². The van der Waals surface area contributed by atoms with Gasteiger partial charge in [0.2, 0.25) is 5.91 Å². The maximum Gasteiger partial charge on any atom is 0.275 e. The van der Waals surface area contributed by atoms with Crippen molar-refractivity contribution in [2.75, 3.05) is 39.3 Å². The number of rotatable bonds is 6. The molecule has 1 aliphatic carbocycles. The van der Waals surface area contributed by atoms with Crippen LogP contribution in [0.3, 0.4) is 0 Å². The molecule has 1 saturated carbocycles. The van der Waals surface area contributed by atoms with Crippen molar-refractivity contribution in [1.29, 1.82) is 0 Å². The number of aryl methyl sites for hydroxylation is 1. The lowest BCUT2D eigenvalue weighted by atomic mass is 10.1. The van der Waals surface area contributed by atoms with Crippen LogP contribution in [0.5, 0.6) is 0 Å². The molecule has 148 valence electrons. The Bertz CT molecular complexity index is 679. The zero-order chi connectivity index (χ0) is 18.8. The molecule has 2 saturated heterocycles. The fourth-order valence-corrected chi connectivity index (χ4v) is 4.27. The Kier molecular flexibility index (Phi) is 5.48. The van der Waals surface area contributed by atoms with E-state index in [-0.39, 0.29) is 17.9 Å². The molecular formula is C20H30N4O3. The number of likely N-dealkylation sites (tertiary alicyclic amines) is 2. The largest absolute Gasteiger partial charge is 0.448 e. The third-order valence-electron chi connectivity index (χ3n) is 6.04. The molecule has 27 heavy (non-hydrogen) atoms. The summed E-state index contributed by atoms with van der Waals surface area (Å²) in [6.45, 7) is 7.03. The van der Waals surface area contributed by atoms with Crippen LogP contribution < -0.4 is 0 Å². The number of hydrogen-bond donors (Lipinski definition) is 0. The van der Waals surface area contributed by atoms with Gasteiger partial charge >= 0.3 is 0 Å². The number of amides is 2. The Morgan fingerprint density at radius 2 is 1.96 bits per heavy atom. The zero-order valence-corrected chi connectivity index (χ0v) is 16.2. The number of carbonyl (C=O) groups excluding carboxylic acids is 2. The van der Waals surface area contributed by atoms with Crippen LogP contribution >= 0.6 is 0 Å². The van der Waals surface area contributed by atoms with Crippen molar-refractivity contribution in [2.24, 2.45) is 5.92 Å². The van der Waals surface area contributed by atoms with Crippen LogP contribution in [-0.4, -0.2) is 76.8 Å². The standard InChI is InChI=1S/C20H30N4O3/c1-15-21-18(14-27-15)20(26)23-10-7-17(13-23)24(19(25)16-5-6-16)12-11-22-8-3-2-4-9-22/h14,16-17H,2-13H2,1H3. The minimum atomic E-state index is -0.0933. The summed E-state index contributed by atoms with van der Waals surface area (Å²) in [6, 6.07) is 0.125. The maximum atomic E-state index is 12.9. The van der Waals surface area contributed by atoms with Crippen LogP contribution in [0, 0.1) is 12.8 Å². The predicted octanol–water partition coefficient (Wildman–Crippen LogP) is 1.92. The van der Waals surface area contributed by atoms with Crippen LogP contribution in [0.25, 0.3) is 0 Å². The van der Waals surface area contributed by atoms with Gasteiger partial charge in [-0.25, -0.2) is 4.98 Å². The van der Waals surface area contributed by atoms with Gasteiger partial charge in [-0.1, -0.05) is 6.42 Å². The van der Waals surface area contributed by atoms with E-state index in [1.165, 1.54) is 25.5 Å². The molecule has 7 nitrogen and oxygen atoms in total. The lowest BCUT2D eigenvalue weighted by molar-refractivity contribution is -0.135. The van der Waals surface area contributed by atoms with Crippen LogP contribution in [0.1, 0.15) is 54.9 Å². The van der Waals surface area contributed by atoms with Gasteiger partial charge in [0, 0.05) is 39.0 Å². The molecule has 0 N–H and O–H groups in total. The molecule has 7 heteroatoms. The highest BCUT2D eigenvalue weighted by Crippen LogP contribution is 2.33. The molecule has 0 radical (unpaired) electrons. The smallest absolute Gasteiger partial charge is 0.275 e. The van der Waals surface area contributed by atoms with Gasteiger partial charge in [-0.05, 0) is 45.2 Å². The van der Waals surface area contributed by atoms with Crippen molar-refractivity contribution >= 4 is 11.8 Å². The second kappa shape index (κ2) is 8.00. The second-order valence-electron chi connectivity index (χ2n) is 8.15. The van der Waals surface area contributed by atoms with E-state index < -0.39 is 0 Å². The average molecular weight is 374 g/mol. The van der Waals surface area contributed by atoms with Crippen molar-refractivity contribution in [3.8, 4) is 0 Å². The third-order valence-corrected chi connectivity index (χ3v) is 6.04. The van der Waals surface area contributed by atoms with Crippen LogP contribution in [0.2, 0.25) is 0 Å². The Hall–Kier alpha value is -1.89. The normalized spacial score (nSPS) is 23.6. The fraction of sp³-hybridized carbons (Fsp3) is 0.750. The summed E-state index contributed by atoms with van der Waals surface area (Å²) in [5.41, 5.74) is 0.363. The number of piperidine rings is 1. The summed E-state index contributed by atoms with van der Waals surface area (Å²) in [6.07, 6.45) is 8.16. The van der Waals surface area contributed by atoms with Gasteiger partial charge in [0.25, 0.3) is 5.91 Å². The highest BCUT2D eigenvalue weighted by atomic mass is 16.3. The number of nitrogens with zero attached hydrogens (tertiary/aromatic N) is 4. The molecule has 2 amide bonds. The van der Waals surface area contributed by atoms with Crippen LogP contribution in [0.4, 0.5) is 0 Å². The Morgan fingerprint density at radius 3 is 2.63 bits per heavy atom. The van der Waals surface area contributed by atoms with Gasteiger partial charge in [0.1, 0.15) is 6.26 Å². The molecule has 1 aromatic heterocycles. The first-order chi connectivity index (χ1) is 13.1. The summed E-state index contributed by atoms with van der Waals surface area (Å²) in [5.74, 6) is 0.920. The summed E-state index contributed by atoms with van der Waals surface area (Å²) in [7, 11) is 0. The molecule has 4 rings (SSSR count). The highest BCUT2D eigenvalue weighted by molar-refractivity contribution is 5.92. The molecule has 1 aromatic rings. The topological polar surface area (TPSA) is 69.9 Å². The highest BCUT2D eigenvalue weighted by Gasteiger charge is 2.39. The molecule has 3 fully saturated rings. The lowest BCUT2D eigenvalue weighted by Crippen LogP contribution is -2.47. The predicted molar refractivity (Wildman–Crippen MR) is 100 cm³/mol. The van der Waals surface area contributed by atoms with Crippen LogP contribution in [-0.2, 0) is 4.79 Å². The molecule has 3 heterocycles. The van der Waals surface area contributed by atoms with E-state index in [1.54, 1.807) is 6.92 Å². The monoisotopic (exact) mass is 374 g/mol. The van der Waals surface area contributed by atoms with Crippen molar-refractivity contribution in [3.05, 3.63) is 17.8 Å². The number of hydrogen-bond acceptors (Lipinski definition) is 5. The fourth-order valence-electron chi connectivity index (χ4n) is 4.27. The van der Waals surface area contributed by atoms with Gasteiger partial charge in [-0.2, -0.15) is 0 Å². The van der Waals surface area contributed by atoms with Gasteiger partial charge < -0.3 is 19.1 Å². The summed E-state index contributed by atoms with van der Waals surface area (Å²) >= 11 is 0. The first-order valence-electron chi connectivity index (χ1n) is 10.4. The Morgan fingerprint density at radius 1 is 1.19 bits per heavy atom. The van der Waals surface area contributed by atoms with E-state index in [9.17, 15) is 9.59 Å². The maximum absolute atomic E-state index is 12.9. The molecule has 1 atom stereocenters. The van der Waals surface area contributed by atoms with Crippen LogP contribution in [0.15, 0.2) is 10.7 Å². The Labute approximate surface area is 160 Å². The number of oxazole rings is 1. The first kappa shape index (κ1) is 18.5. The molecule has 0 aromatic carbocycles. The van der Waals surface area contributed by atoms with Gasteiger partial charge in [0.15, 0.2) is 11.6 Å². The van der Waals surface area contributed by atoms with Crippen molar-refractivity contribution in [2.45, 2.75) is 51.5 Å². The average Bonchev–Trinajstić information content (AvgIpc) is 3.27. The molecule has 0 spiro atoms. The minimum Gasteiger partial charge on any atom is -0.448 e. The quantitative estimate of drug-likeness (QED) is 0.761.